The molecule has 1 atom stereocenters. The Morgan fingerprint density at radius 2 is 1.80 bits per heavy atom. The summed E-state index contributed by atoms with van der Waals surface area (Å²) in [6, 6.07) is 3.82. The summed E-state index contributed by atoms with van der Waals surface area (Å²) >= 11 is 0. The van der Waals surface area contributed by atoms with Gasteiger partial charge in [-0.15, -0.1) is 0 Å². The largest absolute Gasteiger partial charge is 0.493 e. The molecule has 2 rings (SSSR count). The molecule has 0 spiro atoms. The fourth-order valence-corrected chi connectivity index (χ4v) is 3.47. The van der Waals surface area contributed by atoms with Gasteiger partial charge in [-0.1, -0.05) is 13.8 Å². The Kier molecular flexibility index (Phi) is 5.60. The van der Waals surface area contributed by atoms with E-state index in [-0.39, 0.29) is 24.8 Å². The van der Waals surface area contributed by atoms with Crippen LogP contribution in [0.1, 0.15) is 50.8 Å². The molecule has 1 aliphatic heterocycles. The second-order valence-corrected chi connectivity index (χ2v) is 7.33. The zero-order chi connectivity index (χ0) is 18.8. The summed E-state index contributed by atoms with van der Waals surface area (Å²) in [5, 5.41) is 9.01. The summed E-state index contributed by atoms with van der Waals surface area (Å²) in [5.41, 5.74) is 1.63. The summed E-state index contributed by atoms with van der Waals surface area (Å²) in [7, 11) is 3.20. The van der Waals surface area contributed by atoms with Crippen LogP contribution in [0.25, 0.3) is 0 Å². The van der Waals surface area contributed by atoms with Crippen molar-refractivity contribution in [3.63, 3.8) is 0 Å². The molecule has 0 aliphatic carbocycles. The Bertz CT molecular complexity index is 668. The number of carbonyl (C=O) groups excluding carboxylic acids is 1. The van der Waals surface area contributed by atoms with E-state index in [4.69, 9.17) is 14.6 Å². The first kappa shape index (κ1) is 19.1. The van der Waals surface area contributed by atoms with Crippen molar-refractivity contribution in [3.8, 4) is 11.5 Å². The van der Waals surface area contributed by atoms with Crippen LogP contribution < -0.4 is 9.47 Å². The Balaban J connectivity index is 2.22. The van der Waals surface area contributed by atoms with Crippen LogP contribution in [0.5, 0.6) is 11.5 Å². The molecule has 6 nitrogen and oxygen atoms in total. The van der Waals surface area contributed by atoms with Crippen LogP contribution in [-0.4, -0.2) is 42.6 Å². The topological polar surface area (TPSA) is 76.1 Å². The summed E-state index contributed by atoms with van der Waals surface area (Å²) in [6.45, 7) is 6.24. The molecule has 0 radical (unpaired) electrons. The number of carboxylic acids is 1. The number of benzene rings is 1. The van der Waals surface area contributed by atoms with Crippen molar-refractivity contribution in [2.75, 3.05) is 20.8 Å². The van der Waals surface area contributed by atoms with Crippen LogP contribution >= 0.6 is 0 Å². The van der Waals surface area contributed by atoms with Gasteiger partial charge in [0.2, 0.25) is 5.91 Å². The molecule has 1 aromatic carbocycles. The molecular weight excluding hydrogens is 322 g/mol. The predicted molar refractivity (Wildman–Crippen MR) is 94.0 cm³/mol. The maximum Gasteiger partial charge on any atom is 0.303 e. The summed E-state index contributed by atoms with van der Waals surface area (Å²) < 4.78 is 10.7. The number of aliphatic carboxylic acids is 1. The van der Waals surface area contributed by atoms with Gasteiger partial charge in [0.1, 0.15) is 0 Å². The molecule has 1 aliphatic rings. The van der Waals surface area contributed by atoms with E-state index in [0.717, 1.165) is 17.5 Å². The first-order valence-corrected chi connectivity index (χ1v) is 8.44. The number of amides is 1. The molecule has 1 heterocycles. The Hall–Kier alpha value is -2.24. The van der Waals surface area contributed by atoms with E-state index >= 15 is 0 Å². The lowest BCUT2D eigenvalue weighted by molar-refractivity contribution is -0.141. The van der Waals surface area contributed by atoms with E-state index in [1.807, 2.05) is 37.8 Å². The van der Waals surface area contributed by atoms with E-state index in [9.17, 15) is 9.59 Å². The highest BCUT2D eigenvalue weighted by atomic mass is 16.5. The molecule has 138 valence electrons. The maximum absolute atomic E-state index is 12.8. The molecule has 1 amide bonds. The molecule has 0 bridgehead atoms. The van der Waals surface area contributed by atoms with Gasteiger partial charge in [0.25, 0.3) is 0 Å². The average Bonchev–Trinajstić information content (AvgIpc) is 2.52. The number of carboxylic acid groups (broad SMARTS) is 1. The van der Waals surface area contributed by atoms with Gasteiger partial charge in [-0.25, -0.2) is 0 Å². The average molecular weight is 349 g/mol. The Morgan fingerprint density at radius 1 is 1.20 bits per heavy atom. The number of fused-ring (bicyclic) bond motifs is 1. The highest BCUT2D eigenvalue weighted by Crippen LogP contribution is 2.39. The highest BCUT2D eigenvalue weighted by Gasteiger charge is 2.33. The molecule has 0 fully saturated rings. The van der Waals surface area contributed by atoms with Crippen molar-refractivity contribution in [1.82, 2.24) is 4.90 Å². The van der Waals surface area contributed by atoms with Crippen LogP contribution in [0.3, 0.4) is 0 Å². The lowest BCUT2D eigenvalue weighted by Crippen LogP contribution is -2.40. The number of ether oxygens (including phenoxy) is 2. The minimum atomic E-state index is -0.883. The van der Waals surface area contributed by atoms with Crippen LogP contribution in [0.15, 0.2) is 12.1 Å². The Labute approximate surface area is 148 Å². The van der Waals surface area contributed by atoms with Crippen molar-refractivity contribution in [3.05, 3.63) is 23.3 Å². The predicted octanol–water partition coefficient (Wildman–Crippen LogP) is 3.04. The fourth-order valence-electron chi connectivity index (χ4n) is 3.47. The van der Waals surface area contributed by atoms with Crippen LogP contribution in [0.4, 0.5) is 0 Å². The van der Waals surface area contributed by atoms with Gasteiger partial charge in [-0.2, -0.15) is 0 Å². The van der Waals surface area contributed by atoms with Crippen LogP contribution in [0, 0.1) is 5.41 Å². The number of hydrogen-bond acceptors (Lipinski definition) is 4. The number of nitrogens with zero attached hydrogens (tertiary/aromatic N) is 1. The number of hydrogen-bond donors (Lipinski definition) is 1. The normalized spacial score (nSPS) is 17.0. The quantitative estimate of drug-likeness (QED) is 0.854. The minimum absolute atomic E-state index is 0.0146. The first-order valence-electron chi connectivity index (χ1n) is 8.44. The SMILES string of the molecule is COc1cc2c(cc1OC)[C@@H](C)N(C(=O)CC(C)(C)CC(=O)O)CC2. The van der Waals surface area contributed by atoms with Gasteiger partial charge >= 0.3 is 5.97 Å². The van der Waals surface area contributed by atoms with Gasteiger partial charge in [0.05, 0.1) is 26.7 Å². The molecule has 0 saturated carbocycles. The van der Waals surface area contributed by atoms with E-state index in [1.165, 1.54) is 0 Å². The van der Waals surface area contributed by atoms with E-state index in [1.54, 1.807) is 14.2 Å². The third-order valence-corrected chi connectivity index (χ3v) is 4.76. The lowest BCUT2D eigenvalue weighted by atomic mass is 9.84. The fraction of sp³-hybridized carbons (Fsp3) is 0.579. The number of rotatable bonds is 6. The van der Waals surface area contributed by atoms with E-state index in [0.29, 0.717) is 18.0 Å². The van der Waals surface area contributed by atoms with Gasteiger partial charge in [0, 0.05) is 13.0 Å². The third-order valence-electron chi connectivity index (χ3n) is 4.76. The maximum atomic E-state index is 12.8. The van der Waals surface area contributed by atoms with Crippen molar-refractivity contribution >= 4 is 11.9 Å². The van der Waals surface area contributed by atoms with Crippen molar-refractivity contribution < 1.29 is 24.2 Å². The van der Waals surface area contributed by atoms with Gasteiger partial charge in [-0.3, -0.25) is 9.59 Å². The summed E-state index contributed by atoms with van der Waals surface area (Å²) in [5.74, 6) is 0.440. The Morgan fingerprint density at radius 3 is 2.36 bits per heavy atom. The number of carbonyl (C=O) groups is 2. The summed E-state index contributed by atoms with van der Waals surface area (Å²) in [4.78, 5) is 25.6. The van der Waals surface area contributed by atoms with Gasteiger partial charge in [0.15, 0.2) is 11.5 Å². The molecule has 1 N–H and O–H groups in total. The molecular formula is C19H27NO5. The van der Waals surface area contributed by atoms with Crippen LogP contribution in [-0.2, 0) is 16.0 Å². The lowest BCUT2D eigenvalue weighted by Gasteiger charge is -2.37. The zero-order valence-electron chi connectivity index (χ0n) is 15.6. The van der Waals surface area contributed by atoms with Gasteiger partial charge in [-0.05, 0) is 42.0 Å². The molecule has 6 heteroatoms. The van der Waals surface area contributed by atoms with Gasteiger partial charge < -0.3 is 19.5 Å². The standard InChI is InChI=1S/C19H27NO5/c1-12-14-9-16(25-5)15(24-4)8-13(14)6-7-20(12)17(21)10-19(2,3)11-18(22)23/h8-9,12H,6-7,10-11H2,1-5H3,(H,22,23)/t12-/m1/s1. The van der Waals surface area contributed by atoms with Crippen molar-refractivity contribution in [2.24, 2.45) is 5.41 Å². The highest BCUT2D eigenvalue weighted by molar-refractivity contribution is 5.79. The second kappa shape index (κ2) is 7.33. The monoisotopic (exact) mass is 349 g/mol. The van der Waals surface area contributed by atoms with Crippen molar-refractivity contribution in [2.45, 2.75) is 46.1 Å². The first-order chi connectivity index (χ1) is 11.7. The minimum Gasteiger partial charge on any atom is -0.493 e. The van der Waals surface area contributed by atoms with Crippen molar-refractivity contribution in [1.29, 1.82) is 0 Å². The molecule has 0 unspecified atom stereocenters. The second-order valence-electron chi connectivity index (χ2n) is 7.33. The molecule has 0 saturated heterocycles. The number of methoxy groups -OCH3 is 2. The van der Waals surface area contributed by atoms with Crippen LogP contribution in [0.2, 0.25) is 0 Å². The third kappa shape index (κ3) is 4.24. The van der Waals surface area contributed by atoms with E-state index in [2.05, 4.69) is 0 Å². The zero-order valence-corrected chi connectivity index (χ0v) is 15.6. The smallest absolute Gasteiger partial charge is 0.303 e. The van der Waals surface area contributed by atoms with E-state index < -0.39 is 11.4 Å². The molecule has 0 aromatic heterocycles. The molecule has 25 heavy (non-hydrogen) atoms. The molecule has 1 aromatic rings. The summed E-state index contributed by atoms with van der Waals surface area (Å²) in [6.07, 6.45) is 0.931.